The third-order valence-corrected chi connectivity index (χ3v) is 3.16. The van der Waals surface area contributed by atoms with Crippen molar-refractivity contribution in [1.29, 1.82) is 0 Å². The summed E-state index contributed by atoms with van der Waals surface area (Å²) in [5, 5.41) is 12.3. The van der Waals surface area contributed by atoms with E-state index in [-0.39, 0.29) is 17.9 Å². The molecule has 9 heteroatoms. The van der Waals surface area contributed by atoms with Gasteiger partial charge in [-0.2, -0.15) is 5.10 Å². The van der Waals surface area contributed by atoms with Crippen LogP contribution in [-0.2, 0) is 9.59 Å². The number of carboxylic acids is 1. The van der Waals surface area contributed by atoms with Crippen LogP contribution in [0.4, 0.5) is 0 Å². The van der Waals surface area contributed by atoms with E-state index in [0.29, 0.717) is 11.3 Å². The van der Waals surface area contributed by atoms with E-state index in [1.165, 1.54) is 18.3 Å². The number of carbonyl (C=O) groups is 3. The molecule has 2 rings (SSSR count). The molecule has 0 saturated carbocycles. The lowest BCUT2D eigenvalue weighted by Gasteiger charge is -2.08. The Morgan fingerprint density at radius 1 is 1.04 bits per heavy atom. The highest BCUT2D eigenvalue weighted by molar-refractivity contribution is 5.95. The van der Waals surface area contributed by atoms with Crippen LogP contribution in [0.1, 0.15) is 15.9 Å². The molecule has 27 heavy (non-hydrogen) atoms. The summed E-state index contributed by atoms with van der Waals surface area (Å²) in [7, 11) is 0. The standard InChI is InChI=1S/C18H17N3O6/c19-18(25)14-3-1-2-4-15(14)27-10-16(22)21-20-9-12-5-7-13(8-6-12)26-11-17(23)24/h1-9H,10-11H2,(H2,19,25)(H,21,22)(H,23,24). The Balaban J connectivity index is 1.81. The average Bonchev–Trinajstić information content (AvgIpc) is 2.66. The highest BCUT2D eigenvalue weighted by Gasteiger charge is 2.09. The number of carbonyl (C=O) groups excluding carboxylic acids is 2. The number of aliphatic carboxylic acids is 1. The van der Waals surface area contributed by atoms with Gasteiger partial charge in [-0.25, -0.2) is 10.2 Å². The number of primary amides is 1. The number of carboxylic acid groups (broad SMARTS) is 1. The van der Waals surface area contributed by atoms with E-state index in [1.54, 1.807) is 36.4 Å². The second-order valence-corrected chi connectivity index (χ2v) is 5.19. The van der Waals surface area contributed by atoms with Gasteiger partial charge in [-0.1, -0.05) is 12.1 Å². The SMILES string of the molecule is NC(=O)c1ccccc1OCC(=O)NN=Cc1ccc(OCC(=O)O)cc1. The minimum Gasteiger partial charge on any atom is -0.483 e. The molecule has 0 aliphatic rings. The summed E-state index contributed by atoms with van der Waals surface area (Å²) in [4.78, 5) is 33.4. The predicted molar refractivity (Wildman–Crippen MR) is 95.8 cm³/mol. The Morgan fingerprint density at radius 3 is 2.41 bits per heavy atom. The maximum absolute atomic E-state index is 11.7. The van der Waals surface area contributed by atoms with Crippen molar-refractivity contribution in [2.45, 2.75) is 0 Å². The van der Waals surface area contributed by atoms with Gasteiger partial charge in [0.05, 0.1) is 11.8 Å². The van der Waals surface area contributed by atoms with Crippen LogP contribution in [-0.4, -0.2) is 42.3 Å². The molecule has 0 aliphatic carbocycles. The molecule has 0 aliphatic heterocycles. The topological polar surface area (TPSA) is 140 Å². The number of amides is 2. The summed E-state index contributed by atoms with van der Waals surface area (Å²) in [6, 6.07) is 12.8. The van der Waals surface area contributed by atoms with Gasteiger partial charge in [-0.3, -0.25) is 9.59 Å². The molecular weight excluding hydrogens is 354 g/mol. The van der Waals surface area contributed by atoms with Gasteiger partial charge in [-0.15, -0.1) is 0 Å². The number of hydrogen-bond acceptors (Lipinski definition) is 6. The average molecular weight is 371 g/mol. The van der Waals surface area contributed by atoms with Crippen molar-refractivity contribution < 1.29 is 29.0 Å². The summed E-state index contributed by atoms with van der Waals surface area (Å²) < 4.78 is 10.3. The summed E-state index contributed by atoms with van der Waals surface area (Å²) in [5.41, 5.74) is 8.36. The number of hydrazone groups is 1. The Bertz CT molecular complexity index is 848. The van der Waals surface area contributed by atoms with Crippen LogP contribution in [0.3, 0.4) is 0 Å². The van der Waals surface area contributed by atoms with E-state index >= 15 is 0 Å². The maximum atomic E-state index is 11.7. The summed E-state index contributed by atoms with van der Waals surface area (Å²) >= 11 is 0. The van der Waals surface area contributed by atoms with Gasteiger partial charge >= 0.3 is 5.97 Å². The molecule has 9 nitrogen and oxygen atoms in total. The van der Waals surface area contributed by atoms with Gasteiger partial charge in [-0.05, 0) is 42.0 Å². The van der Waals surface area contributed by atoms with Crippen LogP contribution < -0.4 is 20.6 Å². The number of nitrogens with two attached hydrogens (primary N) is 1. The van der Waals surface area contributed by atoms with Crippen LogP contribution >= 0.6 is 0 Å². The Morgan fingerprint density at radius 2 is 1.74 bits per heavy atom. The van der Waals surface area contributed by atoms with Crippen molar-refractivity contribution >= 4 is 24.0 Å². The number of nitrogens with one attached hydrogen (secondary N) is 1. The maximum Gasteiger partial charge on any atom is 0.341 e. The molecule has 0 unspecified atom stereocenters. The zero-order valence-electron chi connectivity index (χ0n) is 14.1. The largest absolute Gasteiger partial charge is 0.483 e. The van der Waals surface area contributed by atoms with E-state index in [0.717, 1.165) is 0 Å². The first-order valence-corrected chi connectivity index (χ1v) is 7.74. The fraction of sp³-hybridized carbons (Fsp3) is 0.111. The molecule has 0 fully saturated rings. The number of ether oxygens (including phenoxy) is 2. The zero-order valence-corrected chi connectivity index (χ0v) is 14.1. The first-order chi connectivity index (χ1) is 13.0. The highest BCUT2D eigenvalue weighted by atomic mass is 16.5. The van der Waals surface area contributed by atoms with Gasteiger partial charge in [0.15, 0.2) is 13.2 Å². The molecule has 0 atom stereocenters. The smallest absolute Gasteiger partial charge is 0.341 e. The number of hydrogen-bond donors (Lipinski definition) is 3. The molecule has 2 aromatic carbocycles. The molecule has 2 amide bonds. The number of rotatable bonds is 9. The van der Waals surface area contributed by atoms with Gasteiger partial charge in [0.1, 0.15) is 11.5 Å². The second-order valence-electron chi connectivity index (χ2n) is 5.19. The highest BCUT2D eigenvalue weighted by Crippen LogP contribution is 2.16. The summed E-state index contributed by atoms with van der Waals surface area (Å²) in [6.45, 7) is -0.772. The van der Waals surface area contributed by atoms with E-state index in [1.807, 2.05) is 0 Å². The Kier molecular flexibility index (Phi) is 6.89. The minimum absolute atomic E-state index is 0.180. The van der Waals surface area contributed by atoms with Crippen molar-refractivity contribution in [3.05, 3.63) is 59.7 Å². The van der Waals surface area contributed by atoms with Crippen molar-refractivity contribution in [1.82, 2.24) is 5.43 Å². The van der Waals surface area contributed by atoms with Crippen molar-refractivity contribution in [2.75, 3.05) is 13.2 Å². The van der Waals surface area contributed by atoms with Gasteiger partial charge < -0.3 is 20.3 Å². The fourth-order valence-electron chi connectivity index (χ4n) is 1.95. The van der Waals surface area contributed by atoms with E-state index in [2.05, 4.69) is 10.5 Å². The second kappa shape index (κ2) is 9.56. The fourth-order valence-corrected chi connectivity index (χ4v) is 1.95. The molecule has 0 bridgehead atoms. The predicted octanol–water partition coefficient (Wildman–Crippen LogP) is 0.778. The van der Waals surface area contributed by atoms with Gasteiger partial charge in [0.2, 0.25) is 0 Å². The van der Waals surface area contributed by atoms with Crippen LogP contribution in [0.2, 0.25) is 0 Å². The molecule has 0 heterocycles. The lowest BCUT2D eigenvalue weighted by Crippen LogP contribution is -2.25. The van der Waals surface area contributed by atoms with Crippen molar-refractivity contribution in [3.63, 3.8) is 0 Å². The third-order valence-electron chi connectivity index (χ3n) is 3.16. The molecular formula is C18H17N3O6. The van der Waals surface area contributed by atoms with E-state index in [9.17, 15) is 14.4 Å². The summed E-state index contributed by atoms with van der Waals surface area (Å²) in [6.07, 6.45) is 1.40. The van der Waals surface area contributed by atoms with Gasteiger partial charge in [0, 0.05) is 0 Å². The van der Waals surface area contributed by atoms with Crippen molar-refractivity contribution in [2.24, 2.45) is 10.8 Å². The van der Waals surface area contributed by atoms with Crippen LogP contribution in [0, 0.1) is 0 Å². The Labute approximate surface area is 154 Å². The normalized spacial score (nSPS) is 10.4. The van der Waals surface area contributed by atoms with Crippen LogP contribution in [0.5, 0.6) is 11.5 Å². The lowest BCUT2D eigenvalue weighted by molar-refractivity contribution is -0.139. The molecule has 2 aromatic rings. The number of benzene rings is 2. The van der Waals surface area contributed by atoms with Crippen LogP contribution in [0.25, 0.3) is 0 Å². The van der Waals surface area contributed by atoms with E-state index in [4.69, 9.17) is 20.3 Å². The lowest BCUT2D eigenvalue weighted by atomic mass is 10.2. The van der Waals surface area contributed by atoms with E-state index < -0.39 is 24.4 Å². The summed E-state index contributed by atoms with van der Waals surface area (Å²) in [5.74, 6) is -1.63. The van der Waals surface area contributed by atoms with Gasteiger partial charge in [0.25, 0.3) is 11.8 Å². The first kappa shape index (κ1) is 19.4. The molecule has 4 N–H and O–H groups in total. The van der Waals surface area contributed by atoms with Crippen LogP contribution in [0.15, 0.2) is 53.6 Å². The minimum atomic E-state index is -1.07. The van der Waals surface area contributed by atoms with Crippen molar-refractivity contribution in [3.8, 4) is 11.5 Å². The first-order valence-electron chi connectivity index (χ1n) is 7.74. The molecule has 140 valence electrons. The zero-order chi connectivity index (χ0) is 19.6. The number of para-hydroxylation sites is 1. The molecule has 0 saturated heterocycles. The monoisotopic (exact) mass is 371 g/mol. The molecule has 0 aromatic heterocycles. The molecule has 0 spiro atoms. The Hall–Kier alpha value is -3.88. The molecule has 0 radical (unpaired) electrons. The quantitative estimate of drug-likeness (QED) is 0.439. The number of nitrogens with zero attached hydrogens (tertiary/aromatic N) is 1. The third kappa shape index (κ3) is 6.50.